The summed E-state index contributed by atoms with van der Waals surface area (Å²) >= 11 is 6.75. The van der Waals surface area contributed by atoms with E-state index in [0.717, 1.165) is 14.5 Å². The second-order valence-corrected chi connectivity index (χ2v) is 5.88. The zero-order chi connectivity index (χ0) is 13.8. The maximum atomic E-state index is 12.2. The standard InChI is InChI=1S/C14H12Br2N2O/c1-9(10-3-2-6-17-8-10)18-14(19)12-7-11(15)4-5-13(12)16/h2-9H,1H3,(H,18,19). The van der Waals surface area contributed by atoms with Crippen LogP contribution >= 0.6 is 31.9 Å². The van der Waals surface area contributed by atoms with Crippen molar-refractivity contribution in [2.45, 2.75) is 13.0 Å². The highest BCUT2D eigenvalue weighted by Gasteiger charge is 2.14. The number of amides is 1. The van der Waals surface area contributed by atoms with Crippen molar-refractivity contribution in [3.63, 3.8) is 0 Å². The molecule has 19 heavy (non-hydrogen) atoms. The van der Waals surface area contributed by atoms with Gasteiger partial charge in [-0.15, -0.1) is 0 Å². The Balaban J connectivity index is 2.15. The maximum absolute atomic E-state index is 12.2. The van der Waals surface area contributed by atoms with E-state index in [2.05, 4.69) is 42.2 Å². The quantitative estimate of drug-likeness (QED) is 0.866. The Labute approximate surface area is 128 Å². The number of benzene rings is 1. The molecule has 0 fully saturated rings. The van der Waals surface area contributed by atoms with Gasteiger partial charge in [-0.3, -0.25) is 9.78 Å². The molecule has 2 rings (SSSR count). The van der Waals surface area contributed by atoms with Gasteiger partial charge in [0.05, 0.1) is 11.6 Å². The number of aromatic nitrogens is 1. The van der Waals surface area contributed by atoms with Crippen LogP contribution in [0.15, 0.2) is 51.7 Å². The molecule has 1 amide bonds. The van der Waals surface area contributed by atoms with Gasteiger partial charge in [0.25, 0.3) is 5.91 Å². The van der Waals surface area contributed by atoms with Gasteiger partial charge in [0.2, 0.25) is 0 Å². The third-order valence-electron chi connectivity index (χ3n) is 2.71. The molecule has 1 N–H and O–H groups in total. The predicted molar refractivity (Wildman–Crippen MR) is 82.0 cm³/mol. The molecule has 3 nitrogen and oxygen atoms in total. The molecular formula is C14H12Br2N2O. The molecule has 0 saturated heterocycles. The maximum Gasteiger partial charge on any atom is 0.252 e. The van der Waals surface area contributed by atoms with E-state index in [1.807, 2.05) is 31.2 Å². The minimum Gasteiger partial charge on any atom is -0.345 e. The summed E-state index contributed by atoms with van der Waals surface area (Å²) in [7, 11) is 0. The lowest BCUT2D eigenvalue weighted by atomic mass is 10.1. The molecule has 0 saturated carbocycles. The normalized spacial score (nSPS) is 11.9. The first kappa shape index (κ1) is 14.2. The Bertz CT molecular complexity index is 587. The molecule has 1 aromatic heterocycles. The average Bonchev–Trinajstić information content (AvgIpc) is 2.42. The van der Waals surface area contributed by atoms with Crippen LogP contribution in [0.2, 0.25) is 0 Å². The first-order valence-corrected chi connectivity index (χ1v) is 7.32. The van der Waals surface area contributed by atoms with Crippen LogP contribution in [0.5, 0.6) is 0 Å². The summed E-state index contributed by atoms with van der Waals surface area (Å²) in [5, 5.41) is 2.95. The molecule has 0 aliphatic rings. The van der Waals surface area contributed by atoms with Gasteiger partial charge < -0.3 is 5.32 Å². The number of nitrogens with zero attached hydrogens (tertiary/aromatic N) is 1. The highest BCUT2D eigenvalue weighted by molar-refractivity contribution is 9.11. The van der Waals surface area contributed by atoms with Gasteiger partial charge in [-0.2, -0.15) is 0 Å². The highest BCUT2D eigenvalue weighted by atomic mass is 79.9. The lowest BCUT2D eigenvalue weighted by Crippen LogP contribution is -2.27. The first-order valence-electron chi connectivity index (χ1n) is 5.74. The minimum absolute atomic E-state index is 0.0907. The van der Waals surface area contributed by atoms with Gasteiger partial charge in [0.15, 0.2) is 0 Å². The van der Waals surface area contributed by atoms with Gasteiger partial charge in [0.1, 0.15) is 0 Å². The van der Waals surface area contributed by atoms with Crippen LogP contribution in [-0.4, -0.2) is 10.9 Å². The predicted octanol–water partition coefficient (Wildman–Crippen LogP) is 4.10. The molecule has 0 spiro atoms. The van der Waals surface area contributed by atoms with E-state index in [-0.39, 0.29) is 11.9 Å². The molecule has 1 heterocycles. The van der Waals surface area contributed by atoms with Crippen LogP contribution < -0.4 is 5.32 Å². The third kappa shape index (κ3) is 3.64. The summed E-state index contributed by atoms with van der Waals surface area (Å²) in [5.74, 6) is -0.121. The summed E-state index contributed by atoms with van der Waals surface area (Å²) in [6.45, 7) is 1.93. The van der Waals surface area contributed by atoms with E-state index in [9.17, 15) is 4.79 Å². The van der Waals surface area contributed by atoms with Gasteiger partial charge in [-0.05, 0) is 52.7 Å². The molecule has 0 aliphatic carbocycles. The van der Waals surface area contributed by atoms with Gasteiger partial charge in [0, 0.05) is 21.3 Å². The van der Waals surface area contributed by atoms with E-state index >= 15 is 0 Å². The topological polar surface area (TPSA) is 42.0 Å². The van der Waals surface area contributed by atoms with E-state index in [0.29, 0.717) is 5.56 Å². The van der Waals surface area contributed by atoms with Crippen molar-refractivity contribution in [3.8, 4) is 0 Å². The molecule has 1 aromatic carbocycles. The average molecular weight is 384 g/mol. The molecule has 98 valence electrons. The van der Waals surface area contributed by atoms with Crippen molar-refractivity contribution in [1.82, 2.24) is 10.3 Å². The molecule has 1 atom stereocenters. The monoisotopic (exact) mass is 382 g/mol. The molecule has 5 heteroatoms. The Morgan fingerprint density at radius 3 is 2.79 bits per heavy atom. The fourth-order valence-corrected chi connectivity index (χ4v) is 2.45. The van der Waals surface area contributed by atoms with Crippen molar-refractivity contribution in [3.05, 3.63) is 62.8 Å². The van der Waals surface area contributed by atoms with E-state index in [1.165, 1.54) is 0 Å². The Kier molecular flexibility index (Phi) is 4.71. The summed E-state index contributed by atoms with van der Waals surface area (Å²) < 4.78 is 1.64. The van der Waals surface area contributed by atoms with Crippen molar-refractivity contribution < 1.29 is 4.79 Å². The van der Waals surface area contributed by atoms with Crippen LogP contribution in [0.4, 0.5) is 0 Å². The number of halogens is 2. The second-order valence-electron chi connectivity index (χ2n) is 4.11. The second kappa shape index (κ2) is 6.30. The van der Waals surface area contributed by atoms with Crippen LogP contribution in [-0.2, 0) is 0 Å². The van der Waals surface area contributed by atoms with Gasteiger partial charge in [-0.25, -0.2) is 0 Å². The number of carbonyl (C=O) groups excluding carboxylic acids is 1. The molecule has 0 radical (unpaired) electrons. The van der Waals surface area contributed by atoms with E-state index in [4.69, 9.17) is 0 Å². The van der Waals surface area contributed by atoms with Gasteiger partial charge >= 0.3 is 0 Å². The number of hydrogen-bond donors (Lipinski definition) is 1. The number of pyridine rings is 1. The lowest BCUT2D eigenvalue weighted by Gasteiger charge is -2.14. The Hall–Kier alpha value is -1.20. The van der Waals surface area contributed by atoms with Crippen LogP contribution in [0, 0.1) is 0 Å². The summed E-state index contributed by atoms with van der Waals surface area (Å²) in [6.07, 6.45) is 3.46. The third-order valence-corrected chi connectivity index (χ3v) is 3.89. The van der Waals surface area contributed by atoms with E-state index in [1.54, 1.807) is 18.5 Å². The smallest absolute Gasteiger partial charge is 0.252 e. The number of rotatable bonds is 3. The zero-order valence-corrected chi connectivity index (χ0v) is 13.4. The Morgan fingerprint density at radius 2 is 2.11 bits per heavy atom. The molecule has 0 aliphatic heterocycles. The van der Waals surface area contributed by atoms with Crippen LogP contribution in [0.25, 0.3) is 0 Å². The van der Waals surface area contributed by atoms with Crippen LogP contribution in [0.1, 0.15) is 28.9 Å². The van der Waals surface area contributed by atoms with E-state index < -0.39 is 0 Å². The summed E-state index contributed by atoms with van der Waals surface area (Å²) in [6, 6.07) is 9.21. The zero-order valence-electron chi connectivity index (χ0n) is 10.2. The van der Waals surface area contributed by atoms with Crippen molar-refractivity contribution in [2.75, 3.05) is 0 Å². The summed E-state index contributed by atoms with van der Waals surface area (Å²) in [4.78, 5) is 16.3. The number of hydrogen-bond acceptors (Lipinski definition) is 2. The van der Waals surface area contributed by atoms with Crippen molar-refractivity contribution >= 4 is 37.8 Å². The lowest BCUT2D eigenvalue weighted by molar-refractivity contribution is 0.0939. The number of nitrogens with one attached hydrogen (secondary N) is 1. The Morgan fingerprint density at radius 1 is 1.32 bits per heavy atom. The van der Waals surface area contributed by atoms with Crippen LogP contribution in [0.3, 0.4) is 0 Å². The first-order chi connectivity index (χ1) is 9.08. The summed E-state index contributed by atoms with van der Waals surface area (Å²) in [5.41, 5.74) is 1.58. The minimum atomic E-state index is -0.121. The van der Waals surface area contributed by atoms with Gasteiger partial charge in [-0.1, -0.05) is 22.0 Å². The molecular weight excluding hydrogens is 372 g/mol. The van der Waals surface area contributed by atoms with Crippen molar-refractivity contribution in [1.29, 1.82) is 0 Å². The number of carbonyl (C=O) groups is 1. The molecule has 2 aromatic rings. The fourth-order valence-electron chi connectivity index (χ4n) is 1.66. The fraction of sp³-hybridized carbons (Fsp3) is 0.143. The molecule has 1 unspecified atom stereocenters. The van der Waals surface area contributed by atoms with Crippen molar-refractivity contribution in [2.24, 2.45) is 0 Å². The largest absolute Gasteiger partial charge is 0.345 e. The SMILES string of the molecule is CC(NC(=O)c1cc(Br)ccc1Br)c1cccnc1. The molecule has 0 bridgehead atoms. The highest BCUT2D eigenvalue weighted by Crippen LogP contribution is 2.22.